The van der Waals surface area contributed by atoms with Crippen molar-refractivity contribution in [1.29, 1.82) is 0 Å². The molecular formula is C12H16N2. The van der Waals surface area contributed by atoms with Crippen molar-refractivity contribution < 1.29 is 0 Å². The predicted octanol–water partition coefficient (Wildman–Crippen LogP) is 1.91. The van der Waals surface area contributed by atoms with Gasteiger partial charge in [0.15, 0.2) is 0 Å². The SMILES string of the molecule is C=C1Cc2cccc(CNC)c2N1C. The fraction of sp³-hybridized carbons (Fsp3) is 0.333. The fourth-order valence-electron chi connectivity index (χ4n) is 2.05. The van der Waals surface area contributed by atoms with Crippen molar-refractivity contribution in [1.82, 2.24) is 5.32 Å². The standard InChI is InChI=1S/C12H16N2/c1-9-7-10-5-4-6-11(8-13-2)12(10)14(9)3/h4-6,13H,1,7-8H2,2-3H3. The van der Waals surface area contributed by atoms with Crippen LogP contribution in [-0.2, 0) is 13.0 Å². The molecule has 74 valence electrons. The molecule has 2 nitrogen and oxygen atoms in total. The van der Waals surface area contributed by atoms with Gasteiger partial charge in [0.05, 0.1) is 0 Å². The lowest BCUT2D eigenvalue weighted by Gasteiger charge is -2.17. The second-order valence-electron chi connectivity index (χ2n) is 3.76. The monoisotopic (exact) mass is 188 g/mol. The highest BCUT2D eigenvalue weighted by Gasteiger charge is 2.21. The minimum atomic E-state index is 0.917. The topological polar surface area (TPSA) is 15.3 Å². The first kappa shape index (κ1) is 9.28. The third-order valence-electron chi connectivity index (χ3n) is 2.77. The third kappa shape index (κ3) is 1.32. The van der Waals surface area contributed by atoms with E-state index in [1.165, 1.54) is 22.5 Å². The van der Waals surface area contributed by atoms with Crippen LogP contribution < -0.4 is 10.2 Å². The van der Waals surface area contributed by atoms with Gasteiger partial charge in [0.2, 0.25) is 0 Å². The van der Waals surface area contributed by atoms with Gasteiger partial charge in [-0.15, -0.1) is 0 Å². The van der Waals surface area contributed by atoms with E-state index in [4.69, 9.17) is 0 Å². The van der Waals surface area contributed by atoms with Crippen molar-refractivity contribution in [2.45, 2.75) is 13.0 Å². The number of hydrogen-bond acceptors (Lipinski definition) is 2. The van der Waals surface area contributed by atoms with Crippen LogP contribution in [0.5, 0.6) is 0 Å². The summed E-state index contributed by atoms with van der Waals surface area (Å²) < 4.78 is 0. The van der Waals surface area contributed by atoms with Gasteiger partial charge in [-0.05, 0) is 18.2 Å². The molecule has 0 radical (unpaired) electrons. The summed E-state index contributed by atoms with van der Waals surface area (Å²) in [5.74, 6) is 0. The number of anilines is 1. The number of nitrogens with one attached hydrogen (secondary N) is 1. The summed E-state index contributed by atoms with van der Waals surface area (Å²) in [6, 6.07) is 6.48. The number of rotatable bonds is 2. The highest BCUT2D eigenvalue weighted by atomic mass is 15.1. The van der Waals surface area contributed by atoms with E-state index in [9.17, 15) is 0 Å². The highest BCUT2D eigenvalue weighted by Crippen LogP contribution is 2.35. The quantitative estimate of drug-likeness (QED) is 0.762. The average Bonchev–Trinajstić information content (AvgIpc) is 2.45. The van der Waals surface area contributed by atoms with E-state index in [1.807, 2.05) is 7.05 Å². The van der Waals surface area contributed by atoms with Crippen molar-refractivity contribution in [3.8, 4) is 0 Å². The number of fused-ring (bicyclic) bond motifs is 1. The van der Waals surface area contributed by atoms with E-state index in [0.29, 0.717) is 0 Å². The van der Waals surface area contributed by atoms with Crippen LogP contribution in [-0.4, -0.2) is 14.1 Å². The maximum Gasteiger partial charge on any atom is 0.0487 e. The smallest absolute Gasteiger partial charge is 0.0487 e. The fourth-order valence-corrected chi connectivity index (χ4v) is 2.05. The Morgan fingerprint density at radius 3 is 3.00 bits per heavy atom. The molecule has 0 aromatic heterocycles. The lowest BCUT2D eigenvalue weighted by Crippen LogP contribution is -2.14. The van der Waals surface area contributed by atoms with Crippen LogP contribution in [0, 0.1) is 0 Å². The number of nitrogens with zero attached hydrogens (tertiary/aromatic N) is 1. The van der Waals surface area contributed by atoms with Gasteiger partial charge in [0.1, 0.15) is 0 Å². The molecule has 1 heterocycles. The Kier molecular flexibility index (Phi) is 2.30. The number of allylic oxidation sites excluding steroid dienone is 1. The zero-order valence-corrected chi connectivity index (χ0v) is 8.80. The molecule has 0 atom stereocenters. The second-order valence-corrected chi connectivity index (χ2v) is 3.76. The summed E-state index contributed by atoms with van der Waals surface area (Å²) in [6.07, 6.45) is 0.989. The maximum absolute atomic E-state index is 4.06. The Hall–Kier alpha value is -1.28. The molecule has 1 aliphatic heterocycles. The Labute approximate surface area is 85.2 Å². The van der Waals surface area contributed by atoms with Crippen molar-refractivity contribution in [3.63, 3.8) is 0 Å². The van der Waals surface area contributed by atoms with Gasteiger partial charge >= 0.3 is 0 Å². The van der Waals surface area contributed by atoms with Gasteiger partial charge in [0.25, 0.3) is 0 Å². The van der Waals surface area contributed by atoms with Crippen LogP contribution in [0.25, 0.3) is 0 Å². The van der Waals surface area contributed by atoms with Gasteiger partial charge in [0, 0.05) is 31.4 Å². The molecule has 1 aromatic rings. The van der Waals surface area contributed by atoms with Crippen molar-refractivity contribution >= 4 is 5.69 Å². The molecule has 14 heavy (non-hydrogen) atoms. The van der Waals surface area contributed by atoms with E-state index >= 15 is 0 Å². The maximum atomic E-state index is 4.06. The van der Waals surface area contributed by atoms with Crippen LogP contribution in [0.3, 0.4) is 0 Å². The Bertz CT molecular complexity index is 369. The van der Waals surface area contributed by atoms with Gasteiger partial charge < -0.3 is 10.2 Å². The molecule has 0 amide bonds. The van der Waals surface area contributed by atoms with Gasteiger partial charge in [-0.1, -0.05) is 24.8 Å². The molecular weight excluding hydrogens is 172 g/mol. The van der Waals surface area contributed by atoms with Crippen LogP contribution in [0.15, 0.2) is 30.5 Å². The van der Waals surface area contributed by atoms with E-state index in [1.54, 1.807) is 0 Å². The molecule has 1 N–H and O–H groups in total. The van der Waals surface area contributed by atoms with Crippen LogP contribution in [0.2, 0.25) is 0 Å². The van der Waals surface area contributed by atoms with Crippen molar-refractivity contribution in [2.24, 2.45) is 0 Å². The van der Waals surface area contributed by atoms with Crippen LogP contribution in [0.4, 0.5) is 5.69 Å². The molecule has 1 aromatic carbocycles. The minimum absolute atomic E-state index is 0.917. The van der Waals surface area contributed by atoms with Crippen LogP contribution in [0.1, 0.15) is 11.1 Å². The zero-order chi connectivity index (χ0) is 10.1. The average molecular weight is 188 g/mol. The summed E-state index contributed by atoms with van der Waals surface area (Å²) >= 11 is 0. The van der Waals surface area contributed by atoms with Gasteiger partial charge in [-0.2, -0.15) is 0 Å². The Morgan fingerprint density at radius 1 is 1.50 bits per heavy atom. The minimum Gasteiger partial charge on any atom is -0.348 e. The van der Waals surface area contributed by atoms with E-state index < -0.39 is 0 Å². The largest absolute Gasteiger partial charge is 0.348 e. The first-order valence-corrected chi connectivity index (χ1v) is 4.91. The van der Waals surface area contributed by atoms with E-state index in [-0.39, 0.29) is 0 Å². The molecule has 0 fully saturated rings. The van der Waals surface area contributed by atoms with Crippen molar-refractivity contribution in [2.75, 3.05) is 19.0 Å². The number of para-hydroxylation sites is 1. The first-order valence-electron chi connectivity index (χ1n) is 4.91. The lowest BCUT2D eigenvalue weighted by atomic mass is 10.1. The van der Waals surface area contributed by atoms with Crippen LogP contribution >= 0.6 is 0 Å². The lowest BCUT2D eigenvalue weighted by molar-refractivity contribution is 0.816. The third-order valence-corrected chi connectivity index (χ3v) is 2.77. The Morgan fingerprint density at radius 2 is 2.29 bits per heavy atom. The molecule has 0 unspecified atom stereocenters. The normalized spacial score (nSPS) is 14.7. The molecule has 1 aliphatic rings. The molecule has 2 rings (SSSR count). The summed E-state index contributed by atoms with van der Waals surface area (Å²) in [5.41, 5.74) is 5.27. The highest BCUT2D eigenvalue weighted by molar-refractivity contribution is 5.68. The summed E-state index contributed by atoms with van der Waals surface area (Å²) in [7, 11) is 4.07. The summed E-state index contributed by atoms with van der Waals surface area (Å²) in [5, 5.41) is 3.19. The number of benzene rings is 1. The molecule has 0 spiro atoms. The van der Waals surface area contributed by atoms with E-state index in [2.05, 4.69) is 42.0 Å². The summed E-state index contributed by atoms with van der Waals surface area (Å²) in [6.45, 7) is 4.97. The molecule has 0 saturated carbocycles. The number of likely N-dealkylation sites (N-methyl/N-ethyl adjacent to an activating group) is 1. The first-order chi connectivity index (χ1) is 6.74. The summed E-state index contributed by atoms with van der Waals surface area (Å²) in [4.78, 5) is 2.20. The number of hydrogen-bond donors (Lipinski definition) is 1. The molecule has 2 heteroatoms. The van der Waals surface area contributed by atoms with Gasteiger partial charge in [-0.25, -0.2) is 0 Å². The predicted molar refractivity (Wildman–Crippen MR) is 60.5 cm³/mol. The van der Waals surface area contributed by atoms with Gasteiger partial charge in [-0.3, -0.25) is 0 Å². The molecule has 0 bridgehead atoms. The Balaban J connectivity index is 2.47. The molecule has 0 aliphatic carbocycles. The molecule has 0 saturated heterocycles. The van der Waals surface area contributed by atoms with E-state index in [0.717, 1.165) is 13.0 Å². The second kappa shape index (κ2) is 3.46. The van der Waals surface area contributed by atoms with Crippen molar-refractivity contribution in [3.05, 3.63) is 41.6 Å². The zero-order valence-electron chi connectivity index (χ0n) is 8.80.